The predicted molar refractivity (Wildman–Crippen MR) is 58.3 cm³/mol. The molecule has 0 radical (unpaired) electrons. The first-order valence-corrected chi connectivity index (χ1v) is 5.40. The largest absolute Gasteiger partial charge is 0.313 e. The summed E-state index contributed by atoms with van der Waals surface area (Å²) in [7, 11) is 0. The lowest BCUT2D eigenvalue weighted by atomic mass is 9.71. The Bertz CT molecular complexity index is 178. The molecule has 1 aliphatic carbocycles. The van der Waals surface area contributed by atoms with E-state index in [2.05, 4.69) is 13.5 Å². The second-order valence-electron chi connectivity index (χ2n) is 4.38. The van der Waals surface area contributed by atoms with Crippen molar-refractivity contribution >= 4 is 6.21 Å². The number of allylic oxidation sites excluding steroid dienone is 1. The highest BCUT2D eigenvalue weighted by Gasteiger charge is 2.26. The molecule has 0 amide bonds. The van der Waals surface area contributed by atoms with Gasteiger partial charge in [0, 0.05) is 0 Å². The number of hydrogen-bond acceptors (Lipinski definition) is 1. The molecule has 0 saturated heterocycles. The third-order valence-corrected chi connectivity index (χ3v) is 3.05. The number of hydrogen-bond donors (Lipinski definition) is 1. The highest BCUT2D eigenvalue weighted by atomic mass is 14.3. The molecule has 1 saturated carbocycles. The summed E-state index contributed by atoms with van der Waals surface area (Å²) in [5, 5.41) is 6.90. The van der Waals surface area contributed by atoms with Gasteiger partial charge in [0.2, 0.25) is 0 Å². The van der Waals surface area contributed by atoms with E-state index in [4.69, 9.17) is 5.41 Å². The molecule has 0 spiro atoms. The van der Waals surface area contributed by atoms with Gasteiger partial charge in [0.05, 0.1) is 0 Å². The van der Waals surface area contributed by atoms with E-state index in [0.717, 1.165) is 24.7 Å². The number of rotatable bonds is 6. The molecule has 1 aliphatic rings. The zero-order valence-electron chi connectivity index (χ0n) is 8.68. The maximum atomic E-state index is 6.90. The second kappa shape index (κ2) is 5.21. The van der Waals surface area contributed by atoms with Crippen LogP contribution in [-0.4, -0.2) is 6.21 Å². The van der Waals surface area contributed by atoms with E-state index in [0.29, 0.717) is 0 Å². The minimum atomic E-state index is 0.829. The first-order chi connectivity index (χ1) is 6.24. The lowest BCUT2D eigenvalue weighted by molar-refractivity contribution is 0.244. The highest BCUT2D eigenvalue weighted by molar-refractivity contribution is 5.52. The summed E-state index contributed by atoms with van der Waals surface area (Å²) < 4.78 is 0. The molecule has 74 valence electrons. The smallest absolute Gasteiger partial charge is 0.00477 e. The van der Waals surface area contributed by atoms with Crippen LogP contribution in [0.2, 0.25) is 0 Å². The van der Waals surface area contributed by atoms with Crippen LogP contribution in [0.25, 0.3) is 0 Å². The van der Waals surface area contributed by atoms with E-state index in [1.807, 2.05) is 0 Å². The Morgan fingerprint density at radius 2 is 2.15 bits per heavy atom. The molecule has 1 fully saturated rings. The van der Waals surface area contributed by atoms with Gasteiger partial charge in [0.1, 0.15) is 0 Å². The van der Waals surface area contributed by atoms with Gasteiger partial charge in [0.15, 0.2) is 0 Å². The summed E-state index contributed by atoms with van der Waals surface area (Å²) in [6.45, 7) is 6.47. The van der Waals surface area contributed by atoms with Crippen molar-refractivity contribution in [2.24, 2.45) is 11.8 Å². The topological polar surface area (TPSA) is 23.9 Å². The fraction of sp³-hybridized carbons (Fsp3) is 0.750. The molecular formula is C12H21N. The van der Waals surface area contributed by atoms with E-state index in [9.17, 15) is 0 Å². The van der Waals surface area contributed by atoms with Crippen LogP contribution in [-0.2, 0) is 0 Å². The van der Waals surface area contributed by atoms with Gasteiger partial charge in [0.25, 0.3) is 0 Å². The van der Waals surface area contributed by atoms with Crippen LogP contribution in [0.15, 0.2) is 12.2 Å². The molecule has 1 N–H and O–H groups in total. The molecule has 0 aromatic rings. The zero-order valence-corrected chi connectivity index (χ0v) is 8.68. The molecule has 1 rings (SSSR count). The number of unbranched alkanes of at least 4 members (excludes halogenated alkanes) is 2. The van der Waals surface area contributed by atoms with E-state index >= 15 is 0 Å². The van der Waals surface area contributed by atoms with Crippen LogP contribution in [0.4, 0.5) is 0 Å². The molecule has 0 bridgehead atoms. The van der Waals surface area contributed by atoms with Crippen molar-refractivity contribution in [2.75, 3.05) is 0 Å². The molecule has 13 heavy (non-hydrogen) atoms. The van der Waals surface area contributed by atoms with Crippen molar-refractivity contribution in [3.05, 3.63) is 12.2 Å². The summed E-state index contributed by atoms with van der Waals surface area (Å²) in [5.41, 5.74) is 1.46. The van der Waals surface area contributed by atoms with Crippen LogP contribution in [0, 0.1) is 17.2 Å². The van der Waals surface area contributed by atoms with Crippen molar-refractivity contribution in [3.8, 4) is 0 Å². The van der Waals surface area contributed by atoms with Crippen LogP contribution < -0.4 is 0 Å². The van der Waals surface area contributed by atoms with Crippen LogP contribution >= 0.6 is 0 Å². The average Bonchev–Trinajstić information content (AvgIpc) is 2.07. The van der Waals surface area contributed by atoms with Crippen molar-refractivity contribution in [2.45, 2.75) is 45.4 Å². The zero-order chi connectivity index (χ0) is 9.68. The Morgan fingerprint density at radius 3 is 2.69 bits per heavy atom. The Kier molecular flexibility index (Phi) is 4.20. The van der Waals surface area contributed by atoms with Gasteiger partial charge in [-0.15, -0.1) is 0 Å². The fourth-order valence-electron chi connectivity index (χ4n) is 2.04. The predicted octanol–water partition coefficient (Wildman–Crippen LogP) is 3.80. The molecule has 0 aromatic carbocycles. The molecule has 0 heterocycles. The Hall–Kier alpha value is -0.590. The van der Waals surface area contributed by atoms with Crippen LogP contribution in [0.1, 0.15) is 45.4 Å². The van der Waals surface area contributed by atoms with Crippen molar-refractivity contribution < 1.29 is 0 Å². The minimum Gasteiger partial charge on any atom is -0.313 e. The molecule has 1 nitrogen and oxygen atoms in total. The molecule has 0 atom stereocenters. The van der Waals surface area contributed by atoms with Gasteiger partial charge in [-0.25, -0.2) is 0 Å². The van der Waals surface area contributed by atoms with Crippen LogP contribution in [0.3, 0.4) is 0 Å². The monoisotopic (exact) mass is 179 g/mol. The summed E-state index contributed by atoms with van der Waals surface area (Å²) in [4.78, 5) is 0. The average molecular weight is 179 g/mol. The summed E-state index contributed by atoms with van der Waals surface area (Å²) in [5.74, 6) is 1.76. The highest BCUT2D eigenvalue weighted by Crippen LogP contribution is 2.39. The van der Waals surface area contributed by atoms with Gasteiger partial charge in [-0.2, -0.15) is 0 Å². The first kappa shape index (κ1) is 10.5. The second-order valence-corrected chi connectivity index (χ2v) is 4.38. The van der Waals surface area contributed by atoms with Crippen molar-refractivity contribution in [1.82, 2.24) is 0 Å². The van der Waals surface area contributed by atoms with Gasteiger partial charge in [-0.3, -0.25) is 0 Å². The lowest BCUT2D eigenvalue weighted by Gasteiger charge is -2.34. The minimum absolute atomic E-state index is 0.829. The summed E-state index contributed by atoms with van der Waals surface area (Å²) in [6, 6.07) is 0. The molecule has 1 heteroatoms. The standard InChI is InChI=1S/C12H21N/c1-10-8-12(9-10)11(2)6-4-3-5-7-13/h7,10,12-13H,2-6,8-9H2,1H3/t10-,12+. The van der Waals surface area contributed by atoms with E-state index < -0.39 is 0 Å². The molecule has 0 unspecified atom stereocenters. The van der Waals surface area contributed by atoms with Gasteiger partial charge in [-0.05, 0) is 56.6 Å². The first-order valence-electron chi connectivity index (χ1n) is 5.40. The van der Waals surface area contributed by atoms with E-state index in [-0.39, 0.29) is 0 Å². The normalized spacial score (nSPS) is 26.5. The van der Waals surface area contributed by atoms with Crippen molar-refractivity contribution in [3.63, 3.8) is 0 Å². The van der Waals surface area contributed by atoms with E-state index in [1.54, 1.807) is 0 Å². The van der Waals surface area contributed by atoms with Crippen molar-refractivity contribution in [1.29, 1.82) is 5.41 Å². The molecule has 0 aliphatic heterocycles. The quantitative estimate of drug-likeness (QED) is 0.364. The van der Waals surface area contributed by atoms with E-state index in [1.165, 1.54) is 37.5 Å². The van der Waals surface area contributed by atoms with Crippen LogP contribution in [0.5, 0.6) is 0 Å². The van der Waals surface area contributed by atoms with Gasteiger partial charge < -0.3 is 5.41 Å². The maximum absolute atomic E-state index is 6.90. The Labute approximate surface area is 81.7 Å². The summed E-state index contributed by atoms with van der Waals surface area (Å²) >= 11 is 0. The number of nitrogens with one attached hydrogen (secondary N) is 1. The Balaban J connectivity index is 2.01. The van der Waals surface area contributed by atoms with Gasteiger partial charge >= 0.3 is 0 Å². The third kappa shape index (κ3) is 3.33. The lowest BCUT2D eigenvalue weighted by Crippen LogP contribution is -2.22. The maximum Gasteiger partial charge on any atom is -0.00477 e. The molecule has 0 aromatic heterocycles. The SMILES string of the molecule is C=C(CCCCC=N)[C@H]1C[C@@H](C)C1. The Morgan fingerprint density at radius 1 is 1.46 bits per heavy atom. The third-order valence-electron chi connectivity index (χ3n) is 3.05. The van der Waals surface area contributed by atoms with Gasteiger partial charge in [-0.1, -0.05) is 19.1 Å². The molecular weight excluding hydrogens is 158 g/mol. The summed E-state index contributed by atoms with van der Waals surface area (Å²) in [6.07, 6.45) is 8.74. The fourth-order valence-corrected chi connectivity index (χ4v) is 2.04.